The number of methoxy groups -OCH3 is 1. The summed E-state index contributed by atoms with van der Waals surface area (Å²) in [7, 11) is 1.38. The van der Waals surface area contributed by atoms with E-state index in [1.807, 2.05) is 74.5 Å². The van der Waals surface area contributed by atoms with Crippen LogP contribution in [0, 0.1) is 5.92 Å². The van der Waals surface area contributed by atoms with Crippen molar-refractivity contribution in [2.45, 2.75) is 134 Å². The molecule has 3 aromatic rings. The molecule has 0 saturated carbocycles. The standard InChI is InChI=1S/C54H65N3O11/c1-33(19-23-39-29-54(32-65-54)30-40(68-39)28-51(60)63-6)20-24-48-34(2)27-47(37(5)67-48)56-49(58)25-21-35(3)66-50(59)26-22-38-13-7-12-18-46(38)57-52(61)36(4)55-53(62)64-31-45-43-16-10-8-14-41(43)42-15-9-11-17-44(42)45/h7-21,23,25,34-37,39-40,45,47-48H,22,24,26-32H2,1-6H3,(H,55,62)(H,56,58)(H,57,61)/b23-19+,25-21-,33-20+/t34-,35-,36-,37+,39+,40+,47+,48-,54+/m0/s1. The zero-order chi connectivity index (χ0) is 48.4. The van der Waals surface area contributed by atoms with Crippen LogP contribution in [0.25, 0.3) is 11.1 Å². The van der Waals surface area contributed by atoms with Crippen LogP contribution < -0.4 is 16.0 Å². The molecule has 3 aliphatic heterocycles. The number of anilines is 1. The number of rotatable bonds is 18. The molecule has 0 radical (unpaired) electrons. The van der Waals surface area contributed by atoms with Crippen LogP contribution in [-0.2, 0) is 54.0 Å². The zero-order valence-electron chi connectivity index (χ0n) is 39.9. The largest absolute Gasteiger partial charge is 0.469 e. The molecule has 68 heavy (non-hydrogen) atoms. The Labute approximate surface area is 399 Å². The molecule has 362 valence electrons. The van der Waals surface area contributed by atoms with Crippen molar-refractivity contribution < 1.29 is 52.4 Å². The molecule has 0 aromatic heterocycles. The third-order valence-corrected chi connectivity index (χ3v) is 13.3. The number of epoxide rings is 1. The van der Waals surface area contributed by atoms with Crippen molar-refractivity contribution in [1.82, 2.24) is 10.6 Å². The number of fused-ring (bicyclic) bond motifs is 3. The van der Waals surface area contributed by atoms with Gasteiger partial charge < -0.3 is 44.4 Å². The Kier molecular flexibility index (Phi) is 16.7. The van der Waals surface area contributed by atoms with Gasteiger partial charge in [-0.1, -0.05) is 97.5 Å². The number of ether oxygens (including phenoxy) is 6. The van der Waals surface area contributed by atoms with E-state index in [9.17, 15) is 24.0 Å². The molecule has 0 bridgehead atoms. The van der Waals surface area contributed by atoms with Gasteiger partial charge in [-0.3, -0.25) is 19.2 Å². The van der Waals surface area contributed by atoms with E-state index in [2.05, 4.69) is 41.1 Å². The molecule has 3 fully saturated rings. The van der Waals surface area contributed by atoms with Crippen LogP contribution in [0.4, 0.5) is 10.5 Å². The van der Waals surface area contributed by atoms with Gasteiger partial charge in [0.05, 0.1) is 56.2 Å². The van der Waals surface area contributed by atoms with E-state index < -0.39 is 30.1 Å². The lowest BCUT2D eigenvalue weighted by atomic mass is 9.88. The summed E-state index contributed by atoms with van der Waals surface area (Å²) in [6.45, 7) is 10.2. The maximum Gasteiger partial charge on any atom is 0.407 e. The average Bonchev–Trinajstić information content (AvgIpc) is 3.98. The molecule has 1 spiro atoms. The van der Waals surface area contributed by atoms with E-state index in [-0.39, 0.29) is 85.6 Å². The van der Waals surface area contributed by atoms with Gasteiger partial charge in [0.2, 0.25) is 11.8 Å². The number of benzene rings is 3. The van der Waals surface area contributed by atoms with E-state index in [0.717, 1.165) is 52.7 Å². The Bertz CT molecular complexity index is 2340. The second-order valence-electron chi connectivity index (χ2n) is 18.6. The van der Waals surface area contributed by atoms with Crippen molar-refractivity contribution in [1.29, 1.82) is 0 Å². The summed E-state index contributed by atoms with van der Waals surface area (Å²) in [6, 6.07) is 22.2. The van der Waals surface area contributed by atoms with E-state index in [1.165, 1.54) is 13.2 Å². The molecule has 7 rings (SSSR count). The van der Waals surface area contributed by atoms with Crippen LogP contribution in [0.1, 0.15) is 95.8 Å². The highest BCUT2D eigenvalue weighted by atomic mass is 16.6. The molecule has 9 atom stereocenters. The summed E-state index contributed by atoms with van der Waals surface area (Å²) in [5.74, 6) is -1.41. The minimum atomic E-state index is -0.903. The molecule has 3 amide bonds. The Morgan fingerprint density at radius 2 is 1.57 bits per heavy atom. The van der Waals surface area contributed by atoms with Crippen LogP contribution in [0.3, 0.4) is 0 Å². The van der Waals surface area contributed by atoms with Gasteiger partial charge in [0, 0.05) is 36.9 Å². The summed E-state index contributed by atoms with van der Waals surface area (Å²) in [5.41, 5.74) is 6.55. The van der Waals surface area contributed by atoms with Crippen molar-refractivity contribution in [2.75, 3.05) is 25.6 Å². The summed E-state index contributed by atoms with van der Waals surface area (Å²) in [4.78, 5) is 63.8. The number of hydrogen-bond acceptors (Lipinski definition) is 11. The Hall–Kier alpha value is -6.09. The number of hydrogen-bond donors (Lipinski definition) is 3. The summed E-state index contributed by atoms with van der Waals surface area (Å²) in [6.07, 6.45) is 10.7. The lowest BCUT2D eigenvalue weighted by Crippen LogP contribution is -2.50. The van der Waals surface area contributed by atoms with Gasteiger partial charge in [0.15, 0.2) is 0 Å². The van der Waals surface area contributed by atoms with Crippen LogP contribution >= 0.6 is 0 Å². The highest BCUT2D eigenvalue weighted by molar-refractivity contribution is 5.97. The number of esters is 2. The first-order valence-electron chi connectivity index (χ1n) is 23.7. The number of para-hydroxylation sites is 1. The van der Waals surface area contributed by atoms with Crippen molar-refractivity contribution in [2.24, 2.45) is 5.92 Å². The third-order valence-electron chi connectivity index (χ3n) is 13.3. The molecule has 14 heteroatoms. The quantitative estimate of drug-likeness (QED) is 0.0370. The average molecular weight is 932 g/mol. The first kappa shape index (κ1) is 49.8. The van der Waals surface area contributed by atoms with E-state index >= 15 is 0 Å². The van der Waals surface area contributed by atoms with Gasteiger partial charge in [-0.25, -0.2) is 4.79 Å². The molecule has 14 nitrogen and oxygen atoms in total. The number of nitrogens with one attached hydrogen (secondary N) is 3. The fourth-order valence-corrected chi connectivity index (χ4v) is 9.37. The number of alkyl carbamates (subject to hydrolysis) is 1. The van der Waals surface area contributed by atoms with E-state index in [1.54, 1.807) is 32.1 Å². The lowest BCUT2D eigenvalue weighted by Gasteiger charge is -2.39. The lowest BCUT2D eigenvalue weighted by molar-refractivity contribution is -0.147. The second kappa shape index (κ2) is 22.8. The van der Waals surface area contributed by atoms with Gasteiger partial charge in [0.25, 0.3) is 0 Å². The zero-order valence-corrected chi connectivity index (χ0v) is 39.9. The van der Waals surface area contributed by atoms with Crippen molar-refractivity contribution in [3.8, 4) is 11.1 Å². The Morgan fingerprint density at radius 1 is 0.882 bits per heavy atom. The van der Waals surface area contributed by atoms with Gasteiger partial charge in [0.1, 0.15) is 18.8 Å². The summed E-state index contributed by atoms with van der Waals surface area (Å²) in [5, 5.41) is 8.55. The van der Waals surface area contributed by atoms with Crippen LogP contribution in [-0.4, -0.2) is 98.4 Å². The first-order chi connectivity index (χ1) is 32.7. The van der Waals surface area contributed by atoms with Crippen LogP contribution in [0.2, 0.25) is 0 Å². The number of carbonyl (C=O) groups is 5. The number of allylic oxidation sites excluding steroid dienone is 2. The van der Waals surface area contributed by atoms with Gasteiger partial charge in [-0.15, -0.1) is 0 Å². The minimum absolute atomic E-state index is 0.0134. The highest BCUT2D eigenvalue weighted by Crippen LogP contribution is 2.45. The molecule has 3 N–H and O–H groups in total. The number of carbonyl (C=O) groups excluding carboxylic acids is 5. The molecule has 1 aliphatic carbocycles. The van der Waals surface area contributed by atoms with E-state index in [0.29, 0.717) is 18.7 Å². The normalized spacial score (nSPS) is 25.2. The van der Waals surface area contributed by atoms with Crippen LogP contribution in [0.5, 0.6) is 0 Å². The minimum Gasteiger partial charge on any atom is -0.469 e. The fraction of sp³-hybridized carbons (Fsp3) is 0.463. The second-order valence-corrected chi connectivity index (χ2v) is 18.6. The van der Waals surface area contributed by atoms with Crippen molar-refractivity contribution >= 4 is 35.5 Å². The monoisotopic (exact) mass is 931 g/mol. The number of amides is 3. The maximum atomic E-state index is 13.2. The van der Waals surface area contributed by atoms with Gasteiger partial charge >= 0.3 is 18.0 Å². The molecular formula is C54H65N3O11. The summed E-state index contributed by atoms with van der Waals surface area (Å²) < 4.78 is 34.3. The predicted molar refractivity (Wildman–Crippen MR) is 257 cm³/mol. The molecule has 3 heterocycles. The topological polar surface area (TPSA) is 180 Å². The van der Waals surface area contributed by atoms with Gasteiger partial charge in [-0.05, 0) is 92.8 Å². The Balaban J connectivity index is 0.797. The van der Waals surface area contributed by atoms with Crippen molar-refractivity contribution in [3.63, 3.8) is 0 Å². The number of aryl methyl sites for hydroxylation is 1. The van der Waals surface area contributed by atoms with Crippen molar-refractivity contribution in [3.05, 3.63) is 125 Å². The Morgan fingerprint density at radius 3 is 2.28 bits per heavy atom. The van der Waals surface area contributed by atoms with Crippen LogP contribution in [0.15, 0.2) is 109 Å². The first-order valence-corrected chi connectivity index (χ1v) is 23.7. The SMILES string of the molecule is COC(=O)C[C@@H]1C[C@@]2(CO2)C[C@@H](/C=C/C(C)=C/C[C@@H]2O[C@H](C)[C@H](NC(=O)/C=C\[C@H](C)OC(=O)CCc3ccccc3NC(=O)[C@H](C)NC(=O)OCC3c4ccccc4-c4ccccc43)C[C@@H]2C)O1. The fourth-order valence-electron chi connectivity index (χ4n) is 9.37. The summed E-state index contributed by atoms with van der Waals surface area (Å²) >= 11 is 0. The molecule has 0 unspecified atom stereocenters. The smallest absolute Gasteiger partial charge is 0.407 e. The van der Waals surface area contributed by atoms with E-state index in [4.69, 9.17) is 28.4 Å². The predicted octanol–water partition coefficient (Wildman–Crippen LogP) is 8.04. The molecule has 4 aliphatic rings. The highest BCUT2D eigenvalue weighted by Gasteiger charge is 2.51. The molecule has 3 aromatic carbocycles. The van der Waals surface area contributed by atoms with Gasteiger partial charge in [-0.2, -0.15) is 0 Å². The third kappa shape index (κ3) is 13.3. The molecule has 3 saturated heterocycles. The maximum absolute atomic E-state index is 13.2. The molecular weight excluding hydrogens is 867 g/mol.